The van der Waals surface area contributed by atoms with Gasteiger partial charge in [-0.15, -0.1) is 0 Å². The molecule has 0 saturated heterocycles. The van der Waals surface area contributed by atoms with Crippen molar-refractivity contribution in [1.82, 2.24) is 5.32 Å². The molecule has 0 aliphatic carbocycles. The number of rotatable bonds is 6. The highest BCUT2D eigenvalue weighted by molar-refractivity contribution is 5.80. The number of benzene rings is 2. The Bertz CT molecular complexity index is 692. The van der Waals surface area contributed by atoms with Crippen molar-refractivity contribution in [2.45, 2.75) is 25.9 Å². The maximum Gasteiger partial charge on any atom is 0.260 e. The third-order valence-corrected chi connectivity index (χ3v) is 3.63. The van der Waals surface area contributed by atoms with Crippen molar-refractivity contribution in [1.29, 1.82) is 5.26 Å². The van der Waals surface area contributed by atoms with Gasteiger partial charge in [0.2, 0.25) is 0 Å². The van der Waals surface area contributed by atoms with Crippen LogP contribution >= 0.6 is 0 Å². The van der Waals surface area contributed by atoms with E-state index in [1.807, 2.05) is 30.3 Å². The normalized spacial score (nSPS) is 12.7. The molecule has 0 heterocycles. The number of nitriles is 1. The Morgan fingerprint density at radius 3 is 2.48 bits per heavy atom. The molecule has 0 radical (unpaired) electrons. The zero-order chi connectivity index (χ0) is 16.7. The molecule has 0 bridgehead atoms. The van der Waals surface area contributed by atoms with Crippen LogP contribution in [0, 0.1) is 11.3 Å². The highest BCUT2D eigenvalue weighted by atomic mass is 16.5. The Labute approximate surface area is 136 Å². The predicted octanol–water partition coefficient (Wildman–Crippen LogP) is 3.25. The summed E-state index contributed by atoms with van der Waals surface area (Å²) in [6.07, 6.45) is -0.660. The van der Waals surface area contributed by atoms with E-state index in [2.05, 4.69) is 18.3 Å². The Kier molecular flexibility index (Phi) is 5.76. The van der Waals surface area contributed by atoms with Crippen LogP contribution in [0.2, 0.25) is 0 Å². The molecule has 0 aliphatic rings. The van der Waals surface area contributed by atoms with Crippen molar-refractivity contribution in [2.24, 2.45) is 0 Å². The smallest absolute Gasteiger partial charge is 0.260 e. The summed E-state index contributed by atoms with van der Waals surface area (Å²) in [5.74, 6) is 0.452. The fourth-order valence-corrected chi connectivity index (χ4v) is 2.20. The van der Waals surface area contributed by atoms with Crippen LogP contribution in [-0.2, 0) is 4.79 Å². The van der Waals surface area contributed by atoms with Crippen LogP contribution in [0.1, 0.15) is 30.9 Å². The summed E-state index contributed by atoms with van der Waals surface area (Å²) in [5.41, 5.74) is 1.60. The van der Waals surface area contributed by atoms with Gasteiger partial charge >= 0.3 is 0 Å². The lowest BCUT2D eigenvalue weighted by Crippen LogP contribution is -2.38. The molecule has 2 atom stereocenters. The van der Waals surface area contributed by atoms with Gasteiger partial charge in [-0.05, 0) is 30.5 Å². The van der Waals surface area contributed by atoms with E-state index in [1.54, 1.807) is 31.2 Å². The van der Waals surface area contributed by atoms with Gasteiger partial charge < -0.3 is 10.1 Å². The minimum atomic E-state index is -0.660. The monoisotopic (exact) mass is 308 g/mol. The quantitative estimate of drug-likeness (QED) is 0.891. The van der Waals surface area contributed by atoms with Gasteiger partial charge in [0.1, 0.15) is 11.8 Å². The number of carbonyl (C=O) groups is 1. The first kappa shape index (κ1) is 16.6. The molecule has 0 fully saturated rings. The van der Waals surface area contributed by atoms with Crippen molar-refractivity contribution in [3.05, 3.63) is 65.7 Å². The van der Waals surface area contributed by atoms with Gasteiger partial charge in [-0.1, -0.05) is 49.4 Å². The van der Waals surface area contributed by atoms with Gasteiger partial charge in [-0.2, -0.15) is 5.26 Å². The lowest BCUT2D eigenvalue weighted by atomic mass is 10.0. The van der Waals surface area contributed by atoms with E-state index in [9.17, 15) is 4.79 Å². The number of amides is 1. The van der Waals surface area contributed by atoms with Crippen molar-refractivity contribution in [3.8, 4) is 11.8 Å². The molecule has 4 heteroatoms. The molecule has 0 spiro atoms. The van der Waals surface area contributed by atoms with Gasteiger partial charge in [0.05, 0.1) is 5.56 Å². The first-order chi connectivity index (χ1) is 11.1. The van der Waals surface area contributed by atoms with Crippen molar-refractivity contribution in [3.63, 3.8) is 0 Å². The van der Waals surface area contributed by atoms with Crippen LogP contribution in [0.4, 0.5) is 0 Å². The highest BCUT2D eigenvalue weighted by Crippen LogP contribution is 2.18. The summed E-state index contributed by atoms with van der Waals surface area (Å²) >= 11 is 0. The summed E-state index contributed by atoms with van der Waals surface area (Å²) in [6.45, 7) is 4.28. The Morgan fingerprint density at radius 2 is 1.78 bits per heavy atom. The van der Waals surface area contributed by atoms with Crippen molar-refractivity contribution >= 4 is 5.91 Å². The van der Waals surface area contributed by atoms with Gasteiger partial charge in [0.15, 0.2) is 6.10 Å². The lowest BCUT2D eigenvalue weighted by molar-refractivity contribution is -0.127. The highest BCUT2D eigenvalue weighted by Gasteiger charge is 2.17. The molecule has 0 aliphatic heterocycles. The Morgan fingerprint density at radius 1 is 1.13 bits per heavy atom. The maximum absolute atomic E-state index is 12.2. The fraction of sp³-hybridized carbons (Fsp3) is 0.263. The van der Waals surface area contributed by atoms with Crippen LogP contribution < -0.4 is 10.1 Å². The molecule has 2 unspecified atom stereocenters. The fourth-order valence-electron chi connectivity index (χ4n) is 2.20. The van der Waals surface area contributed by atoms with Crippen LogP contribution in [0.25, 0.3) is 0 Å². The van der Waals surface area contributed by atoms with Crippen molar-refractivity contribution < 1.29 is 9.53 Å². The van der Waals surface area contributed by atoms with E-state index in [-0.39, 0.29) is 11.8 Å². The molecule has 4 nitrogen and oxygen atoms in total. The number of carbonyl (C=O) groups excluding carboxylic acids is 1. The largest absolute Gasteiger partial charge is 0.480 e. The van der Waals surface area contributed by atoms with E-state index >= 15 is 0 Å². The zero-order valence-corrected chi connectivity index (χ0v) is 13.3. The molecule has 0 saturated carbocycles. The molecular weight excluding hydrogens is 288 g/mol. The number of nitrogens with one attached hydrogen (secondary N) is 1. The lowest BCUT2D eigenvalue weighted by Gasteiger charge is -2.18. The van der Waals surface area contributed by atoms with Crippen LogP contribution in [0.3, 0.4) is 0 Å². The first-order valence-corrected chi connectivity index (χ1v) is 7.60. The summed E-state index contributed by atoms with van der Waals surface area (Å²) in [6, 6.07) is 19.0. The molecule has 23 heavy (non-hydrogen) atoms. The average molecular weight is 308 g/mol. The third-order valence-electron chi connectivity index (χ3n) is 3.63. The Hall–Kier alpha value is -2.80. The molecule has 2 aromatic carbocycles. The van der Waals surface area contributed by atoms with E-state index in [4.69, 9.17) is 10.00 Å². The third kappa shape index (κ3) is 4.58. The van der Waals surface area contributed by atoms with Crippen molar-refractivity contribution in [2.75, 3.05) is 6.54 Å². The molecular formula is C19H20N2O2. The topological polar surface area (TPSA) is 62.1 Å². The summed E-state index contributed by atoms with van der Waals surface area (Å²) < 4.78 is 5.60. The average Bonchev–Trinajstić information content (AvgIpc) is 2.60. The number of para-hydroxylation sites is 1. The SMILES string of the molecule is CC(Oc1ccccc1C#N)C(=O)NCC(C)c1ccccc1. The molecule has 0 aromatic heterocycles. The minimum Gasteiger partial charge on any atom is -0.480 e. The maximum atomic E-state index is 12.2. The van der Waals surface area contributed by atoms with Crippen LogP contribution in [0.15, 0.2) is 54.6 Å². The Balaban J connectivity index is 1.89. The molecule has 118 valence electrons. The van der Waals surface area contributed by atoms with E-state index in [1.165, 1.54) is 5.56 Å². The number of nitrogens with zero attached hydrogens (tertiary/aromatic N) is 1. The summed E-state index contributed by atoms with van der Waals surface area (Å²) in [7, 11) is 0. The standard InChI is InChI=1S/C19H20N2O2/c1-14(16-8-4-3-5-9-16)13-21-19(22)15(2)23-18-11-7-6-10-17(18)12-20/h3-11,14-15H,13H2,1-2H3,(H,21,22). The summed E-state index contributed by atoms with van der Waals surface area (Å²) in [4.78, 5) is 12.2. The summed E-state index contributed by atoms with van der Waals surface area (Å²) in [5, 5.41) is 11.9. The second kappa shape index (κ2) is 8.00. The van der Waals surface area contributed by atoms with Crippen LogP contribution in [0.5, 0.6) is 5.75 Å². The zero-order valence-electron chi connectivity index (χ0n) is 13.3. The van der Waals surface area contributed by atoms with E-state index < -0.39 is 6.10 Å². The first-order valence-electron chi connectivity index (χ1n) is 7.60. The second-order valence-corrected chi connectivity index (χ2v) is 5.42. The molecule has 2 rings (SSSR count). The van der Waals surface area contributed by atoms with E-state index in [0.717, 1.165) is 0 Å². The van der Waals surface area contributed by atoms with Gasteiger partial charge in [0.25, 0.3) is 5.91 Å². The molecule has 1 amide bonds. The second-order valence-electron chi connectivity index (χ2n) is 5.42. The molecule has 2 aromatic rings. The van der Waals surface area contributed by atoms with Gasteiger partial charge in [-0.25, -0.2) is 0 Å². The van der Waals surface area contributed by atoms with E-state index in [0.29, 0.717) is 17.9 Å². The number of hydrogen-bond acceptors (Lipinski definition) is 3. The number of ether oxygens (including phenoxy) is 1. The van der Waals surface area contributed by atoms with Crippen LogP contribution in [-0.4, -0.2) is 18.6 Å². The molecule has 1 N–H and O–H groups in total. The van der Waals surface area contributed by atoms with Gasteiger partial charge in [-0.3, -0.25) is 4.79 Å². The number of hydrogen-bond donors (Lipinski definition) is 1. The predicted molar refractivity (Wildman–Crippen MR) is 89.1 cm³/mol. The van der Waals surface area contributed by atoms with Gasteiger partial charge in [0, 0.05) is 6.54 Å². The minimum absolute atomic E-state index is 0.194.